The SMILES string of the molecule is CCCc1c(OCC)c(OCC)c(O)c(O)c1C(=O)O. The number of benzene rings is 1. The van der Waals surface area contributed by atoms with Crippen molar-refractivity contribution in [2.24, 2.45) is 0 Å². The number of carboxylic acids is 1. The molecule has 6 heteroatoms. The van der Waals surface area contributed by atoms with Crippen molar-refractivity contribution in [3.63, 3.8) is 0 Å². The first-order valence-corrected chi connectivity index (χ1v) is 6.59. The molecule has 3 N–H and O–H groups in total. The number of carboxylic acid groups (broad SMARTS) is 1. The molecule has 0 heterocycles. The molecular formula is C14H20O6. The molecule has 0 unspecified atom stereocenters. The fourth-order valence-electron chi connectivity index (χ4n) is 2.02. The minimum Gasteiger partial charge on any atom is -0.504 e. The summed E-state index contributed by atoms with van der Waals surface area (Å²) in [7, 11) is 0. The monoisotopic (exact) mass is 284 g/mol. The van der Waals surface area contributed by atoms with Gasteiger partial charge in [-0.15, -0.1) is 0 Å². The number of hydrogen-bond donors (Lipinski definition) is 3. The van der Waals surface area contributed by atoms with Crippen molar-refractivity contribution in [3.8, 4) is 23.0 Å². The molecule has 1 aromatic rings. The number of ether oxygens (including phenoxy) is 2. The first kappa shape index (κ1) is 15.9. The van der Waals surface area contributed by atoms with Crippen molar-refractivity contribution in [2.75, 3.05) is 13.2 Å². The highest BCUT2D eigenvalue weighted by atomic mass is 16.5. The van der Waals surface area contributed by atoms with Crippen LogP contribution in [0.3, 0.4) is 0 Å². The van der Waals surface area contributed by atoms with E-state index in [1.54, 1.807) is 13.8 Å². The number of hydrogen-bond acceptors (Lipinski definition) is 5. The Morgan fingerprint density at radius 1 is 1.00 bits per heavy atom. The Hall–Kier alpha value is -2.11. The molecule has 0 fully saturated rings. The van der Waals surface area contributed by atoms with Gasteiger partial charge in [0.1, 0.15) is 5.56 Å². The van der Waals surface area contributed by atoms with Gasteiger partial charge in [-0.1, -0.05) is 13.3 Å². The normalized spacial score (nSPS) is 10.3. The Morgan fingerprint density at radius 2 is 1.55 bits per heavy atom. The largest absolute Gasteiger partial charge is 0.504 e. The van der Waals surface area contributed by atoms with Crippen molar-refractivity contribution < 1.29 is 29.6 Å². The molecule has 0 radical (unpaired) electrons. The molecule has 0 saturated carbocycles. The lowest BCUT2D eigenvalue weighted by atomic mass is 9.99. The smallest absolute Gasteiger partial charge is 0.340 e. The first-order valence-electron chi connectivity index (χ1n) is 6.59. The maximum Gasteiger partial charge on any atom is 0.340 e. The Labute approximate surface area is 117 Å². The van der Waals surface area contributed by atoms with E-state index in [4.69, 9.17) is 9.47 Å². The van der Waals surface area contributed by atoms with E-state index in [9.17, 15) is 20.1 Å². The molecule has 1 rings (SSSR count). The second kappa shape index (κ2) is 6.88. The lowest BCUT2D eigenvalue weighted by Gasteiger charge is -2.19. The van der Waals surface area contributed by atoms with Crippen molar-refractivity contribution >= 4 is 5.97 Å². The van der Waals surface area contributed by atoms with Crippen LogP contribution in [0.5, 0.6) is 23.0 Å². The summed E-state index contributed by atoms with van der Waals surface area (Å²) in [6.45, 7) is 5.89. The predicted molar refractivity (Wildman–Crippen MR) is 73.1 cm³/mol. The van der Waals surface area contributed by atoms with Gasteiger partial charge < -0.3 is 24.8 Å². The molecule has 0 aliphatic carbocycles. The number of phenols is 2. The lowest BCUT2D eigenvalue weighted by molar-refractivity contribution is 0.0690. The van der Waals surface area contributed by atoms with E-state index in [1.165, 1.54) is 0 Å². The summed E-state index contributed by atoms with van der Waals surface area (Å²) in [4.78, 5) is 11.3. The van der Waals surface area contributed by atoms with Crippen LogP contribution in [-0.4, -0.2) is 34.5 Å². The summed E-state index contributed by atoms with van der Waals surface area (Å²) in [6, 6.07) is 0. The topological polar surface area (TPSA) is 96.2 Å². The summed E-state index contributed by atoms with van der Waals surface area (Å²) in [5.74, 6) is -2.44. The van der Waals surface area contributed by atoms with Crippen LogP contribution in [0.25, 0.3) is 0 Å². The van der Waals surface area contributed by atoms with Crippen molar-refractivity contribution in [3.05, 3.63) is 11.1 Å². The van der Waals surface area contributed by atoms with Gasteiger partial charge >= 0.3 is 5.97 Å². The van der Waals surface area contributed by atoms with Crippen LogP contribution in [0.2, 0.25) is 0 Å². The minimum atomic E-state index is -1.31. The molecule has 1 aromatic carbocycles. The highest BCUT2D eigenvalue weighted by Gasteiger charge is 2.28. The van der Waals surface area contributed by atoms with Gasteiger partial charge in [0.15, 0.2) is 11.5 Å². The summed E-state index contributed by atoms with van der Waals surface area (Å²) < 4.78 is 10.7. The van der Waals surface area contributed by atoms with Gasteiger partial charge in [0.05, 0.1) is 13.2 Å². The number of carbonyl (C=O) groups is 1. The van der Waals surface area contributed by atoms with Crippen LogP contribution in [0.4, 0.5) is 0 Å². The third kappa shape index (κ3) is 2.89. The summed E-state index contributed by atoms with van der Waals surface area (Å²) >= 11 is 0. The standard InChI is InChI=1S/C14H20O6/c1-4-7-8-9(14(17)18)10(15)11(16)13(20-6-3)12(8)19-5-2/h15-16H,4-7H2,1-3H3,(H,17,18). The number of aromatic hydroxyl groups is 2. The Balaban J connectivity index is 3.66. The predicted octanol–water partition coefficient (Wildman–Crippen LogP) is 2.55. The molecule has 112 valence electrons. The highest BCUT2D eigenvalue weighted by Crippen LogP contribution is 2.49. The summed E-state index contributed by atoms with van der Waals surface area (Å²) in [6.07, 6.45) is 1.06. The molecule has 0 aliphatic heterocycles. The highest BCUT2D eigenvalue weighted by molar-refractivity contribution is 5.95. The van der Waals surface area contributed by atoms with Crippen LogP contribution < -0.4 is 9.47 Å². The van der Waals surface area contributed by atoms with E-state index in [2.05, 4.69) is 0 Å². The minimum absolute atomic E-state index is 0.0136. The number of phenolic OH excluding ortho intramolecular Hbond substituents is 1. The Morgan fingerprint density at radius 3 is 2.00 bits per heavy atom. The molecule has 0 amide bonds. The van der Waals surface area contributed by atoms with Crippen molar-refractivity contribution in [2.45, 2.75) is 33.6 Å². The first-order chi connectivity index (χ1) is 9.49. The zero-order chi connectivity index (χ0) is 15.3. The maximum absolute atomic E-state index is 11.3. The fourth-order valence-corrected chi connectivity index (χ4v) is 2.02. The van der Waals surface area contributed by atoms with E-state index >= 15 is 0 Å². The average molecular weight is 284 g/mol. The Kier molecular flexibility index (Phi) is 5.49. The van der Waals surface area contributed by atoms with Gasteiger partial charge in [0.25, 0.3) is 0 Å². The molecule has 0 bridgehead atoms. The molecule has 20 heavy (non-hydrogen) atoms. The zero-order valence-corrected chi connectivity index (χ0v) is 11.9. The van der Waals surface area contributed by atoms with Gasteiger partial charge in [-0.3, -0.25) is 0 Å². The van der Waals surface area contributed by atoms with E-state index in [0.29, 0.717) is 25.0 Å². The second-order valence-corrected chi connectivity index (χ2v) is 4.13. The molecule has 0 atom stereocenters. The maximum atomic E-state index is 11.3. The van der Waals surface area contributed by atoms with Gasteiger partial charge in [0, 0.05) is 5.56 Å². The summed E-state index contributed by atoms with van der Waals surface area (Å²) in [5.41, 5.74) is -0.00291. The van der Waals surface area contributed by atoms with E-state index in [-0.39, 0.29) is 23.7 Å². The van der Waals surface area contributed by atoms with E-state index in [1.807, 2.05) is 6.92 Å². The van der Waals surface area contributed by atoms with Crippen LogP contribution in [-0.2, 0) is 6.42 Å². The zero-order valence-electron chi connectivity index (χ0n) is 11.9. The molecule has 0 spiro atoms. The quantitative estimate of drug-likeness (QED) is 0.666. The van der Waals surface area contributed by atoms with Crippen LogP contribution in [0, 0.1) is 0 Å². The third-order valence-corrected chi connectivity index (χ3v) is 2.75. The lowest BCUT2D eigenvalue weighted by Crippen LogP contribution is -2.09. The average Bonchev–Trinajstić information content (AvgIpc) is 2.39. The van der Waals surface area contributed by atoms with Gasteiger partial charge in [-0.2, -0.15) is 0 Å². The van der Waals surface area contributed by atoms with E-state index < -0.39 is 17.5 Å². The van der Waals surface area contributed by atoms with Crippen LogP contribution in [0.15, 0.2) is 0 Å². The molecular weight excluding hydrogens is 264 g/mol. The van der Waals surface area contributed by atoms with Crippen LogP contribution in [0.1, 0.15) is 43.1 Å². The van der Waals surface area contributed by atoms with E-state index in [0.717, 1.165) is 0 Å². The second-order valence-electron chi connectivity index (χ2n) is 4.13. The van der Waals surface area contributed by atoms with Gasteiger partial charge in [-0.05, 0) is 20.3 Å². The van der Waals surface area contributed by atoms with Crippen LogP contribution >= 0.6 is 0 Å². The van der Waals surface area contributed by atoms with Gasteiger partial charge in [0.2, 0.25) is 11.5 Å². The fraction of sp³-hybridized carbons (Fsp3) is 0.500. The summed E-state index contributed by atoms with van der Waals surface area (Å²) in [5, 5.41) is 29.1. The molecule has 6 nitrogen and oxygen atoms in total. The third-order valence-electron chi connectivity index (χ3n) is 2.75. The van der Waals surface area contributed by atoms with Crippen molar-refractivity contribution in [1.82, 2.24) is 0 Å². The van der Waals surface area contributed by atoms with Crippen molar-refractivity contribution in [1.29, 1.82) is 0 Å². The number of rotatable bonds is 7. The van der Waals surface area contributed by atoms with Gasteiger partial charge in [-0.25, -0.2) is 4.79 Å². The molecule has 0 saturated heterocycles. The Bertz CT molecular complexity index is 495. The molecule has 0 aliphatic rings. The number of aromatic carboxylic acids is 1. The molecule has 0 aromatic heterocycles.